The molecule has 1 aromatic rings. The molecule has 1 saturated carbocycles. The lowest BCUT2D eigenvalue weighted by Gasteiger charge is -2.24. The van der Waals surface area contributed by atoms with Gasteiger partial charge in [0, 0.05) is 25.3 Å². The molecule has 0 aliphatic heterocycles. The van der Waals surface area contributed by atoms with Crippen molar-refractivity contribution in [2.24, 2.45) is 0 Å². The van der Waals surface area contributed by atoms with Gasteiger partial charge in [-0.1, -0.05) is 13.0 Å². The zero-order valence-corrected chi connectivity index (χ0v) is 12.9. The van der Waals surface area contributed by atoms with Crippen molar-refractivity contribution in [3.63, 3.8) is 0 Å². The lowest BCUT2D eigenvalue weighted by Crippen LogP contribution is -2.42. The lowest BCUT2D eigenvalue weighted by atomic mass is 10.3. The first-order chi connectivity index (χ1) is 9.54. The summed E-state index contributed by atoms with van der Waals surface area (Å²) in [5, 5.41) is 2.87. The molecule has 1 aliphatic carbocycles. The van der Waals surface area contributed by atoms with Crippen LogP contribution in [0.1, 0.15) is 32.4 Å². The second kappa shape index (κ2) is 6.65. The minimum Gasteiger partial charge on any atom is -0.313 e. The van der Waals surface area contributed by atoms with E-state index in [1.54, 1.807) is 13.1 Å². The molecule has 1 fully saturated rings. The van der Waals surface area contributed by atoms with E-state index in [9.17, 15) is 8.42 Å². The second-order valence-electron chi connectivity index (χ2n) is 5.29. The summed E-state index contributed by atoms with van der Waals surface area (Å²) in [6.45, 7) is 4.96. The molecule has 6 heteroatoms. The molecule has 1 aliphatic rings. The van der Waals surface area contributed by atoms with Crippen molar-refractivity contribution >= 4 is 10.0 Å². The fraction of sp³-hybridized carbons (Fsp3) is 0.643. The first-order valence-corrected chi connectivity index (χ1v) is 8.66. The Hall–Kier alpha value is -0.980. The molecule has 0 aromatic carbocycles. The number of rotatable bonds is 8. The quantitative estimate of drug-likeness (QED) is 0.787. The summed E-state index contributed by atoms with van der Waals surface area (Å²) in [4.78, 5) is 4.20. The molecular weight excluding hydrogens is 274 g/mol. The van der Waals surface area contributed by atoms with E-state index in [1.165, 1.54) is 4.31 Å². The summed E-state index contributed by atoms with van der Waals surface area (Å²) in [6.07, 6.45) is 4.02. The Morgan fingerprint density at radius 2 is 2.20 bits per heavy atom. The first kappa shape index (κ1) is 15.4. The molecule has 1 heterocycles. The van der Waals surface area contributed by atoms with Crippen molar-refractivity contribution in [3.05, 3.63) is 30.1 Å². The van der Waals surface area contributed by atoms with Gasteiger partial charge in [-0.15, -0.1) is 0 Å². The lowest BCUT2D eigenvalue weighted by molar-refractivity contribution is 0.410. The third-order valence-corrected chi connectivity index (χ3v) is 5.85. The van der Waals surface area contributed by atoms with Gasteiger partial charge in [-0.3, -0.25) is 4.98 Å². The molecule has 1 atom stereocenters. The third-order valence-electron chi connectivity index (χ3n) is 3.56. The zero-order valence-electron chi connectivity index (χ0n) is 12.1. The SMILES string of the molecule is CCN(Cc1ccccn1)S(=O)(=O)C(C)CNC1CC1. The van der Waals surface area contributed by atoms with Crippen LogP contribution in [-0.4, -0.2) is 42.1 Å². The molecule has 1 unspecified atom stereocenters. The molecule has 20 heavy (non-hydrogen) atoms. The highest BCUT2D eigenvalue weighted by Gasteiger charge is 2.30. The maximum Gasteiger partial charge on any atom is 0.218 e. The molecule has 1 aromatic heterocycles. The van der Waals surface area contributed by atoms with E-state index in [-0.39, 0.29) is 0 Å². The van der Waals surface area contributed by atoms with Gasteiger partial charge in [0.1, 0.15) is 0 Å². The molecule has 0 spiro atoms. The average Bonchev–Trinajstić information content (AvgIpc) is 3.27. The van der Waals surface area contributed by atoms with Crippen molar-refractivity contribution in [1.29, 1.82) is 0 Å². The number of pyridine rings is 1. The van der Waals surface area contributed by atoms with Gasteiger partial charge in [0.05, 0.1) is 17.5 Å². The Bertz CT molecular complexity index is 514. The van der Waals surface area contributed by atoms with E-state index in [0.717, 1.165) is 18.5 Å². The van der Waals surface area contributed by atoms with E-state index in [0.29, 0.717) is 25.7 Å². The van der Waals surface area contributed by atoms with Gasteiger partial charge in [0.25, 0.3) is 0 Å². The van der Waals surface area contributed by atoms with Gasteiger partial charge < -0.3 is 5.32 Å². The van der Waals surface area contributed by atoms with Crippen LogP contribution in [0.15, 0.2) is 24.4 Å². The predicted molar refractivity (Wildman–Crippen MR) is 79.7 cm³/mol. The molecule has 2 rings (SSSR count). The van der Waals surface area contributed by atoms with Gasteiger partial charge >= 0.3 is 0 Å². The van der Waals surface area contributed by atoms with E-state index in [4.69, 9.17) is 0 Å². The van der Waals surface area contributed by atoms with Crippen molar-refractivity contribution < 1.29 is 8.42 Å². The Labute approximate surface area is 121 Å². The van der Waals surface area contributed by atoms with Gasteiger partial charge in [-0.2, -0.15) is 4.31 Å². The number of hydrogen-bond acceptors (Lipinski definition) is 4. The number of hydrogen-bond donors (Lipinski definition) is 1. The Morgan fingerprint density at radius 3 is 2.75 bits per heavy atom. The summed E-state index contributed by atoms with van der Waals surface area (Å²) >= 11 is 0. The maximum atomic E-state index is 12.6. The number of nitrogens with zero attached hydrogens (tertiary/aromatic N) is 2. The van der Waals surface area contributed by atoms with Crippen molar-refractivity contribution in [2.45, 2.75) is 44.5 Å². The number of aromatic nitrogens is 1. The van der Waals surface area contributed by atoms with Crippen LogP contribution in [0.2, 0.25) is 0 Å². The molecule has 0 radical (unpaired) electrons. The Kier molecular flexibility index (Phi) is 5.12. The Balaban J connectivity index is 2.00. The van der Waals surface area contributed by atoms with Crippen LogP contribution in [0.3, 0.4) is 0 Å². The smallest absolute Gasteiger partial charge is 0.218 e. The molecule has 0 saturated heterocycles. The first-order valence-electron chi connectivity index (χ1n) is 7.16. The third kappa shape index (κ3) is 4.01. The van der Waals surface area contributed by atoms with Gasteiger partial charge in [0.15, 0.2) is 0 Å². The van der Waals surface area contributed by atoms with Crippen LogP contribution < -0.4 is 5.32 Å². The van der Waals surface area contributed by atoms with Crippen LogP contribution >= 0.6 is 0 Å². The zero-order chi connectivity index (χ0) is 14.6. The number of nitrogens with one attached hydrogen (secondary N) is 1. The summed E-state index contributed by atoms with van der Waals surface area (Å²) in [7, 11) is -3.29. The molecule has 112 valence electrons. The Morgan fingerprint density at radius 1 is 1.45 bits per heavy atom. The van der Waals surface area contributed by atoms with E-state index in [2.05, 4.69) is 10.3 Å². The summed E-state index contributed by atoms with van der Waals surface area (Å²) in [5.74, 6) is 0. The van der Waals surface area contributed by atoms with Crippen LogP contribution in [0.25, 0.3) is 0 Å². The normalized spacial score (nSPS) is 17.4. The molecule has 0 amide bonds. The molecule has 5 nitrogen and oxygen atoms in total. The van der Waals surface area contributed by atoms with E-state index < -0.39 is 15.3 Å². The number of sulfonamides is 1. The average molecular weight is 297 g/mol. The molecular formula is C14H23N3O2S. The summed E-state index contributed by atoms with van der Waals surface area (Å²) in [5.41, 5.74) is 0.778. The van der Waals surface area contributed by atoms with Crippen molar-refractivity contribution in [3.8, 4) is 0 Å². The van der Waals surface area contributed by atoms with E-state index in [1.807, 2.05) is 25.1 Å². The fourth-order valence-corrected chi connectivity index (χ4v) is 3.52. The topological polar surface area (TPSA) is 62.3 Å². The largest absolute Gasteiger partial charge is 0.313 e. The van der Waals surface area contributed by atoms with Crippen LogP contribution in [-0.2, 0) is 16.6 Å². The highest BCUT2D eigenvalue weighted by Crippen LogP contribution is 2.19. The van der Waals surface area contributed by atoms with Crippen LogP contribution in [0.5, 0.6) is 0 Å². The standard InChI is InChI=1S/C14H23N3O2S/c1-3-17(11-14-6-4-5-9-15-14)20(18,19)12(2)10-16-13-7-8-13/h4-6,9,12-13,16H,3,7-8,10-11H2,1-2H3. The summed E-state index contributed by atoms with van der Waals surface area (Å²) in [6, 6.07) is 6.08. The van der Waals surface area contributed by atoms with Gasteiger partial charge in [0.2, 0.25) is 10.0 Å². The highest BCUT2D eigenvalue weighted by atomic mass is 32.2. The van der Waals surface area contributed by atoms with Crippen molar-refractivity contribution in [2.75, 3.05) is 13.1 Å². The van der Waals surface area contributed by atoms with Gasteiger partial charge in [-0.25, -0.2) is 8.42 Å². The molecule has 0 bridgehead atoms. The van der Waals surface area contributed by atoms with E-state index >= 15 is 0 Å². The summed E-state index contributed by atoms with van der Waals surface area (Å²) < 4.78 is 26.6. The van der Waals surface area contributed by atoms with Crippen molar-refractivity contribution in [1.82, 2.24) is 14.6 Å². The minimum atomic E-state index is -3.29. The molecule has 1 N–H and O–H groups in total. The maximum absolute atomic E-state index is 12.6. The van der Waals surface area contributed by atoms with Gasteiger partial charge in [-0.05, 0) is 31.9 Å². The predicted octanol–water partition coefficient (Wildman–Crippen LogP) is 1.37. The highest BCUT2D eigenvalue weighted by molar-refractivity contribution is 7.89. The fourth-order valence-electron chi connectivity index (χ4n) is 2.03. The monoisotopic (exact) mass is 297 g/mol. The van der Waals surface area contributed by atoms with Crippen LogP contribution in [0.4, 0.5) is 0 Å². The van der Waals surface area contributed by atoms with Crippen LogP contribution in [0, 0.1) is 0 Å². The second-order valence-corrected chi connectivity index (χ2v) is 7.64. The minimum absolute atomic E-state index is 0.341.